The quantitative estimate of drug-likeness (QED) is 0.885. The van der Waals surface area contributed by atoms with E-state index in [-0.39, 0.29) is 18.5 Å². The van der Waals surface area contributed by atoms with Gasteiger partial charge in [-0.15, -0.1) is 0 Å². The fourth-order valence-electron chi connectivity index (χ4n) is 1.84. The van der Waals surface area contributed by atoms with E-state index in [9.17, 15) is 4.39 Å². The van der Waals surface area contributed by atoms with Crippen LogP contribution < -0.4 is 10.1 Å². The summed E-state index contributed by atoms with van der Waals surface area (Å²) in [5.74, 6) is 0.371. The summed E-state index contributed by atoms with van der Waals surface area (Å²) in [7, 11) is 1.90. The van der Waals surface area contributed by atoms with Crippen LogP contribution in [-0.4, -0.2) is 7.05 Å². The van der Waals surface area contributed by atoms with Gasteiger partial charge in [0.2, 0.25) is 0 Å². The van der Waals surface area contributed by atoms with E-state index in [1.165, 1.54) is 6.07 Å². The molecule has 0 aliphatic rings. The van der Waals surface area contributed by atoms with Crippen molar-refractivity contribution < 1.29 is 9.13 Å². The van der Waals surface area contributed by atoms with Crippen LogP contribution in [0.5, 0.6) is 5.75 Å². The summed E-state index contributed by atoms with van der Waals surface area (Å²) in [5, 5.41) is 3.55. The van der Waals surface area contributed by atoms with E-state index in [0.29, 0.717) is 10.6 Å². The van der Waals surface area contributed by atoms with E-state index in [4.69, 9.17) is 16.3 Å². The normalized spacial score (nSPS) is 12.2. The predicted molar refractivity (Wildman–Crippen MR) is 79.7 cm³/mol. The molecule has 0 aliphatic carbocycles. The molecule has 2 aromatic carbocycles. The highest BCUT2D eigenvalue weighted by Crippen LogP contribution is 2.21. The number of hydrogen-bond acceptors (Lipinski definition) is 2. The second-order valence-corrected chi connectivity index (χ2v) is 5.04. The van der Waals surface area contributed by atoms with E-state index >= 15 is 0 Å². The minimum absolute atomic E-state index is 0.181. The van der Waals surface area contributed by atoms with Crippen LogP contribution in [0.3, 0.4) is 0 Å². The van der Waals surface area contributed by atoms with Crippen LogP contribution in [0.15, 0.2) is 42.5 Å². The summed E-state index contributed by atoms with van der Waals surface area (Å²) in [4.78, 5) is 0. The fourth-order valence-corrected chi connectivity index (χ4v) is 2.00. The number of benzene rings is 2. The van der Waals surface area contributed by atoms with Crippen LogP contribution in [0.4, 0.5) is 4.39 Å². The van der Waals surface area contributed by atoms with Crippen molar-refractivity contribution in [1.29, 1.82) is 0 Å². The highest BCUT2D eigenvalue weighted by molar-refractivity contribution is 6.30. The Labute approximate surface area is 123 Å². The Balaban J connectivity index is 2.07. The zero-order valence-electron chi connectivity index (χ0n) is 11.5. The zero-order valence-corrected chi connectivity index (χ0v) is 12.2. The second-order valence-electron chi connectivity index (χ2n) is 4.61. The third-order valence-corrected chi connectivity index (χ3v) is 3.44. The summed E-state index contributed by atoms with van der Waals surface area (Å²) in [6.07, 6.45) is 0. The topological polar surface area (TPSA) is 21.3 Å². The van der Waals surface area contributed by atoms with Gasteiger partial charge in [0, 0.05) is 16.6 Å². The average Bonchev–Trinajstić information content (AvgIpc) is 2.46. The molecule has 0 heterocycles. The summed E-state index contributed by atoms with van der Waals surface area (Å²) < 4.78 is 19.3. The van der Waals surface area contributed by atoms with E-state index in [0.717, 1.165) is 11.3 Å². The largest absolute Gasteiger partial charge is 0.489 e. The Bertz CT molecular complexity index is 588. The predicted octanol–water partition coefficient (Wildman–Crippen LogP) is 4.34. The molecule has 106 valence electrons. The lowest BCUT2D eigenvalue weighted by molar-refractivity contribution is 0.299. The van der Waals surface area contributed by atoms with Crippen LogP contribution in [0.2, 0.25) is 5.02 Å². The molecule has 0 spiro atoms. The SMILES string of the molecule is CNC(C)c1cccc(OCc2ccc(Cl)cc2F)c1. The molecule has 0 aromatic heterocycles. The van der Waals surface area contributed by atoms with Crippen LogP contribution in [0.25, 0.3) is 0 Å². The van der Waals surface area contributed by atoms with Gasteiger partial charge in [-0.1, -0.05) is 29.8 Å². The lowest BCUT2D eigenvalue weighted by atomic mass is 10.1. The molecule has 2 rings (SSSR count). The molecule has 0 bridgehead atoms. The number of rotatable bonds is 5. The molecule has 1 unspecified atom stereocenters. The third kappa shape index (κ3) is 3.71. The molecule has 1 atom stereocenters. The van der Waals surface area contributed by atoms with Gasteiger partial charge in [0.05, 0.1) is 0 Å². The van der Waals surface area contributed by atoms with Gasteiger partial charge in [-0.2, -0.15) is 0 Å². The Hall–Kier alpha value is -1.58. The Kier molecular flexibility index (Phi) is 4.99. The molecule has 4 heteroatoms. The molecule has 1 N–H and O–H groups in total. The first-order chi connectivity index (χ1) is 9.60. The van der Waals surface area contributed by atoms with Crippen molar-refractivity contribution in [2.45, 2.75) is 19.6 Å². The average molecular weight is 294 g/mol. The fraction of sp³-hybridized carbons (Fsp3) is 0.250. The Morgan fingerprint density at radius 2 is 2.05 bits per heavy atom. The van der Waals surface area contributed by atoms with Gasteiger partial charge in [-0.05, 0) is 43.8 Å². The molecule has 2 nitrogen and oxygen atoms in total. The maximum atomic E-state index is 13.6. The van der Waals surface area contributed by atoms with Crippen LogP contribution in [0, 0.1) is 5.82 Å². The molecule has 0 saturated carbocycles. The summed E-state index contributed by atoms with van der Waals surface area (Å²) >= 11 is 5.72. The minimum atomic E-state index is -0.350. The number of ether oxygens (including phenoxy) is 1. The minimum Gasteiger partial charge on any atom is -0.489 e. The maximum absolute atomic E-state index is 13.6. The van der Waals surface area contributed by atoms with Crippen molar-refractivity contribution in [3.8, 4) is 5.75 Å². The van der Waals surface area contributed by atoms with Gasteiger partial charge in [0.1, 0.15) is 18.2 Å². The summed E-state index contributed by atoms with van der Waals surface area (Å²) in [6.45, 7) is 2.25. The first-order valence-electron chi connectivity index (χ1n) is 6.44. The first-order valence-corrected chi connectivity index (χ1v) is 6.82. The van der Waals surface area contributed by atoms with Crippen molar-refractivity contribution in [2.75, 3.05) is 7.05 Å². The van der Waals surface area contributed by atoms with Crippen molar-refractivity contribution in [3.05, 3.63) is 64.4 Å². The Morgan fingerprint density at radius 1 is 1.25 bits per heavy atom. The van der Waals surface area contributed by atoms with Crippen LogP contribution >= 0.6 is 11.6 Å². The van der Waals surface area contributed by atoms with Gasteiger partial charge >= 0.3 is 0 Å². The molecule has 0 radical (unpaired) electrons. The van der Waals surface area contributed by atoms with Crippen molar-refractivity contribution in [2.24, 2.45) is 0 Å². The molecule has 0 aliphatic heterocycles. The van der Waals surface area contributed by atoms with Crippen LogP contribution in [0.1, 0.15) is 24.1 Å². The smallest absolute Gasteiger partial charge is 0.131 e. The second kappa shape index (κ2) is 6.73. The molecular weight excluding hydrogens is 277 g/mol. The third-order valence-electron chi connectivity index (χ3n) is 3.20. The monoisotopic (exact) mass is 293 g/mol. The first kappa shape index (κ1) is 14.8. The summed E-state index contributed by atoms with van der Waals surface area (Å²) in [5.41, 5.74) is 1.61. The van der Waals surface area contributed by atoms with Gasteiger partial charge in [0.25, 0.3) is 0 Å². The van der Waals surface area contributed by atoms with Gasteiger partial charge < -0.3 is 10.1 Å². The van der Waals surface area contributed by atoms with Crippen molar-refractivity contribution in [1.82, 2.24) is 5.32 Å². The summed E-state index contributed by atoms with van der Waals surface area (Å²) in [6, 6.07) is 12.6. The maximum Gasteiger partial charge on any atom is 0.131 e. The van der Waals surface area contributed by atoms with Gasteiger partial charge in [-0.3, -0.25) is 0 Å². The van der Waals surface area contributed by atoms with E-state index < -0.39 is 0 Å². The van der Waals surface area contributed by atoms with E-state index in [2.05, 4.69) is 12.2 Å². The molecule has 20 heavy (non-hydrogen) atoms. The van der Waals surface area contributed by atoms with Gasteiger partial charge in [0.15, 0.2) is 0 Å². The molecular formula is C16H17ClFNO. The van der Waals surface area contributed by atoms with Crippen molar-refractivity contribution >= 4 is 11.6 Å². The highest BCUT2D eigenvalue weighted by atomic mass is 35.5. The molecule has 0 fully saturated rings. The highest BCUT2D eigenvalue weighted by Gasteiger charge is 2.06. The lowest BCUT2D eigenvalue weighted by Crippen LogP contribution is -2.12. The van der Waals surface area contributed by atoms with E-state index in [1.54, 1.807) is 12.1 Å². The molecule has 2 aromatic rings. The molecule has 0 amide bonds. The van der Waals surface area contributed by atoms with Crippen LogP contribution in [-0.2, 0) is 6.61 Å². The number of halogens is 2. The Morgan fingerprint density at radius 3 is 2.75 bits per heavy atom. The van der Waals surface area contributed by atoms with E-state index in [1.807, 2.05) is 31.3 Å². The number of hydrogen-bond donors (Lipinski definition) is 1. The standard InChI is InChI=1S/C16H17ClFNO/c1-11(19-2)12-4-3-5-15(8-12)20-10-13-6-7-14(17)9-16(13)18/h3-9,11,19H,10H2,1-2H3. The van der Waals surface area contributed by atoms with Gasteiger partial charge in [-0.25, -0.2) is 4.39 Å². The zero-order chi connectivity index (χ0) is 14.5. The lowest BCUT2D eigenvalue weighted by Gasteiger charge is -2.13. The van der Waals surface area contributed by atoms with Crippen molar-refractivity contribution in [3.63, 3.8) is 0 Å². The number of nitrogens with one attached hydrogen (secondary N) is 1. The molecule has 0 saturated heterocycles.